The van der Waals surface area contributed by atoms with E-state index in [-0.39, 0.29) is 23.9 Å². The smallest absolute Gasteiger partial charge is 0.243 e. The summed E-state index contributed by atoms with van der Waals surface area (Å²) in [4.78, 5) is 14.4. The number of halogens is 1. The Labute approximate surface area is 165 Å². The molecule has 9 heteroatoms. The van der Waals surface area contributed by atoms with Crippen molar-refractivity contribution in [3.63, 3.8) is 0 Å². The first-order chi connectivity index (χ1) is 13.3. The van der Waals surface area contributed by atoms with Crippen molar-refractivity contribution >= 4 is 15.9 Å². The Morgan fingerprint density at radius 2 is 1.79 bits per heavy atom. The molecule has 2 fully saturated rings. The first kappa shape index (κ1) is 20.7. The van der Waals surface area contributed by atoms with Crippen molar-refractivity contribution in [3.8, 4) is 6.07 Å². The van der Waals surface area contributed by atoms with Crippen LogP contribution in [0.25, 0.3) is 0 Å². The standard InChI is InChI=1S/C19H25FN4O3S/c20-16-4-6-17(7-5-16)28(26,27)24-11-3-10-23(12-13-24)14-18(25)22-19(15-21)8-1-2-9-19/h4-7H,1-3,8-14H2,(H,22,25). The molecule has 1 saturated carbocycles. The van der Waals surface area contributed by atoms with E-state index in [0.29, 0.717) is 38.9 Å². The molecule has 0 spiro atoms. The van der Waals surface area contributed by atoms with Crippen LogP contribution in [0, 0.1) is 17.1 Å². The van der Waals surface area contributed by atoms with Crippen molar-refractivity contribution in [2.75, 3.05) is 32.7 Å². The highest BCUT2D eigenvalue weighted by atomic mass is 32.2. The molecule has 0 radical (unpaired) electrons. The molecule has 0 unspecified atom stereocenters. The summed E-state index contributed by atoms with van der Waals surface area (Å²) in [6, 6.07) is 7.05. The maximum Gasteiger partial charge on any atom is 0.243 e. The van der Waals surface area contributed by atoms with Crippen LogP contribution < -0.4 is 5.32 Å². The third-order valence-electron chi connectivity index (χ3n) is 5.42. The van der Waals surface area contributed by atoms with Gasteiger partial charge in [-0.1, -0.05) is 0 Å². The summed E-state index contributed by atoms with van der Waals surface area (Å²) in [6.45, 7) is 1.78. The summed E-state index contributed by atoms with van der Waals surface area (Å²) in [7, 11) is -3.69. The van der Waals surface area contributed by atoms with E-state index in [1.807, 2.05) is 4.90 Å². The fourth-order valence-electron chi connectivity index (χ4n) is 3.85. The lowest BCUT2D eigenvalue weighted by Gasteiger charge is -2.25. The number of nitrogens with zero attached hydrogens (tertiary/aromatic N) is 3. The number of amides is 1. The van der Waals surface area contributed by atoms with Gasteiger partial charge in [-0.2, -0.15) is 9.57 Å². The molecular formula is C19H25FN4O3S. The summed E-state index contributed by atoms with van der Waals surface area (Å²) in [5.74, 6) is -0.678. The van der Waals surface area contributed by atoms with E-state index in [0.717, 1.165) is 25.0 Å². The Morgan fingerprint density at radius 3 is 2.43 bits per heavy atom. The van der Waals surface area contributed by atoms with Crippen molar-refractivity contribution in [1.82, 2.24) is 14.5 Å². The fraction of sp³-hybridized carbons (Fsp3) is 0.579. The number of carbonyl (C=O) groups is 1. The number of hydrogen-bond donors (Lipinski definition) is 1. The summed E-state index contributed by atoms with van der Waals surface area (Å²) in [5, 5.41) is 12.3. The quantitative estimate of drug-likeness (QED) is 0.796. The molecule has 1 N–H and O–H groups in total. The van der Waals surface area contributed by atoms with Gasteiger partial charge in [-0.3, -0.25) is 9.69 Å². The van der Waals surface area contributed by atoms with Gasteiger partial charge in [-0.05, 0) is 62.9 Å². The largest absolute Gasteiger partial charge is 0.337 e. The second-order valence-electron chi connectivity index (χ2n) is 7.44. The van der Waals surface area contributed by atoms with E-state index in [4.69, 9.17) is 0 Å². The predicted molar refractivity (Wildman–Crippen MR) is 101 cm³/mol. The zero-order valence-electron chi connectivity index (χ0n) is 15.7. The van der Waals surface area contributed by atoms with Crippen LogP contribution in [-0.4, -0.2) is 61.8 Å². The molecule has 1 heterocycles. The van der Waals surface area contributed by atoms with Crippen molar-refractivity contribution in [3.05, 3.63) is 30.1 Å². The highest BCUT2D eigenvalue weighted by Crippen LogP contribution is 2.28. The first-order valence-electron chi connectivity index (χ1n) is 9.55. The van der Waals surface area contributed by atoms with E-state index in [1.165, 1.54) is 16.4 Å². The topological polar surface area (TPSA) is 93.5 Å². The zero-order valence-corrected chi connectivity index (χ0v) is 16.5. The van der Waals surface area contributed by atoms with Crippen LogP contribution in [0.1, 0.15) is 32.1 Å². The second-order valence-corrected chi connectivity index (χ2v) is 9.37. The van der Waals surface area contributed by atoms with Crippen molar-refractivity contribution < 1.29 is 17.6 Å². The van der Waals surface area contributed by atoms with Crippen molar-refractivity contribution in [2.24, 2.45) is 0 Å². The third-order valence-corrected chi connectivity index (χ3v) is 7.33. The maximum atomic E-state index is 13.1. The molecule has 1 aromatic rings. The van der Waals surface area contributed by atoms with E-state index in [2.05, 4.69) is 11.4 Å². The van der Waals surface area contributed by atoms with Crippen molar-refractivity contribution in [1.29, 1.82) is 5.26 Å². The highest BCUT2D eigenvalue weighted by molar-refractivity contribution is 7.89. The van der Waals surface area contributed by atoms with Gasteiger partial charge in [0.05, 0.1) is 17.5 Å². The summed E-state index contributed by atoms with van der Waals surface area (Å²) in [5.41, 5.74) is -0.749. The molecule has 1 aromatic carbocycles. The number of rotatable bonds is 5. The van der Waals surface area contributed by atoms with Gasteiger partial charge in [0, 0.05) is 19.6 Å². The molecule has 2 aliphatic rings. The molecule has 0 bridgehead atoms. The SMILES string of the molecule is N#CC1(NC(=O)CN2CCCN(S(=O)(=O)c3ccc(F)cc3)CC2)CCCC1. The Balaban J connectivity index is 1.58. The Bertz CT molecular complexity index is 845. The number of hydrogen-bond acceptors (Lipinski definition) is 5. The van der Waals surface area contributed by atoms with Gasteiger partial charge in [0.2, 0.25) is 15.9 Å². The van der Waals surface area contributed by atoms with E-state index in [9.17, 15) is 22.9 Å². The van der Waals surface area contributed by atoms with Crippen molar-refractivity contribution in [2.45, 2.75) is 42.5 Å². The Hall–Kier alpha value is -2.02. The lowest BCUT2D eigenvalue weighted by molar-refractivity contribution is -0.123. The van der Waals surface area contributed by atoms with E-state index >= 15 is 0 Å². The third kappa shape index (κ3) is 4.69. The average Bonchev–Trinajstić information content (AvgIpc) is 3.00. The van der Waals surface area contributed by atoms with Gasteiger partial charge in [-0.25, -0.2) is 12.8 Å². The molecule has 1 saturated heterocycles. The molecule has 152 valence electrons. The lowest BCUT2D eigenvalue weighted by atomic mass is 10.00. The Morgan fingerprint density at radius 1 is 1.11 bits per heavy atom. The van der Waals surface area contributed by atoms with Crippen LogP contribution in [-0.2, 0) is 14.8 Å². The molecule has 0 atom stereocenters. The summed E-state index contributed by atoms with van der Waals surface area (Å²) >= 11 is 0. The normalized spacial score (nSPS) is 21.0. The number of carbonyl (C=O) groups excluding carboxylic acids is 1. The first-order valence-corrected chi connectivity index (χ1v) is 11.0. The zero-order chi connectivity index (χ0) is 20.2. The van der Waals surface area contributed by atoms with Gasteiger partial charge in [-0.15, -0.1) is 0 Å². The minimum Gasteiger partial charge on any atom is -0.337 e. The van der Waals surface area contributed by atoms with E-state index < -0.39 is 21.4 Å². The number of nitrogens with one attached hydrogen (secondary N) is 1. The highest BCUT2D eigenvalue weighted by Gasteiger charge is 2.36. The second kappa shape index (κ2) is 8.55. The predicted octanol–water partition coefficient (Wildman–Crippen LogP) is 1.47. The molecular weight excluding hydrogens is 383 g/mol. The molecule has 1 amide bonds. The summed E-state index contributed by atoms with van der Waals surface area (Å²) in [6.07, 6.45) is 3.83. The van der Waals surface area contributed by atoms with Gasteiger partial charge >= 0.3 is 0 Å². The molecule has 7 nitrogen and oxygen atoms in total. The van der Waals surface area contributed by atoms with Gasteiger partial charge < -0.3 is 5.32 Å². The van der Waals surface area contributed by atoms with Crippen LogP contribution in [0.3, 0.4) is 0 Å². The number of sulfonamides is 1. The van der Waals surface area contributed by atoms with Gasteiger partial charge in [0.15, 0.2) is 0 Å². The minimum atomic E-state index is -3.69. The van der Waals surface area contributed by atoms with Crippen LogP contribution in [0.15, 0.2) is 29.2 Å². The number of nitriles is 1. The molecule has 1 aliphatic heterocycles. The van der Waals surface area contributed by atoms with Crippen LogP contribution >= 0.6 is 0 Å². The lowest BCUT2D eigenvalue weighted by Crippen LogP contribution is -2.49. The number of benzene rings is 1. The Kier molecular flexibility index (Phi) is 6.33. The van der Waals surface area contributed by atoms with Gasteiger partial charge in [0.25, 0.3) is 0 Å². The fourth-order valence-corrected chi connectivity index (χ4v) is 5.32. The average molecular weight is 408 g/mol. The molecule has 1 aliphatic carbocycles. The molecule has 28 heavy (non-hydrogen) atoms. The molecule has 0 aromatic heterocycles. The monoisotopic (exact) mass is 408 g/mol. The summed E-state index contributed by atoms with van der Waals surface area (Å²) < 4.78 is 40.0. The van der Waals surface area contributed by atoms with Crippen LogP contribution in [0.5, 0.6) is 0 Å². The van der Waals surface area contributed by atoms with Gasteiger partial charge in [0.1, 0.15) is 11.4 Å². The molecule has 3 rings (SSSR count). The minimum absolute atomic E-state index is 0.0669. The van der Waals surface area contributed by atoms with Crippen LogP contribution in [0.4, 0.5) is 4.39 Å². The van der Waals surface area contributed by atoms with Crippen LogP contribution in [0.2, 0.25) is 0 Å². The maximum absolute atomic E-state index is 13.1. The van der Waals surface area contributed by atoms with E-state index in [1.54, 1.807) is 0 Å².